The van der Waals surface area contributed by atoms with Gasteiger partial charge >= 0.3 is 0 Å². The van der Waals surface area contributed by atoms with Crippen LogP contribution in [-0.2, 0) is 0 Å². The van der Waals surface area contributed by atoms with Gasteiger partial charge in [-0.15, -0.1) is 0 Å². The topological polar surface area (TPSA) is 63.6 Å². The predicted molar refractivity (Wildman–Crippen MR) is 228 cm³/mol. The van der Waals surface area contributed by atoms with Crippen molar-refractivity contribution in [2.45, 2.75) is 17.0 Å². The molecule has 262 valence electrons. The molecule has 6 heterocycles. The quantitative estimate of drug-likeness (QED) is 0.177. The Labute approximate surface area is 325 Å². The van der Waals surface area contributed by atoms with E-state index in [1.165, 1.54) is 27.3 Å². The first-order valence-electron chi connectivity index (χ1n) is 18.9. The SMILES string of the molecule is C1=CC2N=C3Sc4c(-c5ccc6c(c5)-c5cccnc5-c5ncccc5-c5ccccc5-6)cccc4N3C2C=C1n1c2ccccc2n2c3ccccc3nc12. The second kappa shape index (κ2) is 11.3. The van der Waals surface area contributed by atoms with Gasteiger partial charge in [-0.25, -0.2) is 4.98 Å². The average Bonchev–Trinajstić information content (AvgIpc) is 4.00. The molecule has 56 heavy (non-hydrogen) atoms. The molecular weight excluding hydrogens is 707 g/mol. The van der Waals surface area contributed by atoms with Crippen molar-refractivity contribution in [1.29, 1.82) is 0 Å². The summed E-state index contributed by atoms with van der Waals surface area (Å²) >= 11 is 1.78. The van der Waals surface area contributed by atoms with E-state index in [0.717, 1.165) is 77.9 Å². The maximum atomic E-state index is 5.29. The van der Waals surface area contributed by atoms with Crippen LogP contribution < -0.4 is 4.90 Å². The predicted octanol–water partition coefficient (Wildman–Crippen LogP) is 11.0. The maximum Gasteiger partial charge on any atom is 0.220 e. The summed E-state index contributed by atoms with van der Waals surface area (Å²) in [6.07, 6.45) is 10.6. The van der Waals surface area contributed by atoms with Crippen molar-refractivity contribution in [3.63, 3.8) is 0 Å². The van der Waals surface area contributed by atoms with Gasteiger partial charge in [0, 0.05) is 34.1 Å². The number of rotatable bonds is 2. The number of nitrogens with zero attached hydrogens (tertiary/aromatic N) is 7. The summed E-state index contributed by atoms with van der Waals surface area (Å²) in [7, 11) is 0. The molecular formula is C48H29N7S. The second-order valence-corrected chi connectivity index (χ2v) is 15.6. The first-order valence-corrected chi connectivity index (χ1v) is 19.7. The van der Waals surface area contributed by atoms with Crippen molar-refractivity contribution in [3.05, 3.63) is 164 Å². The first-order chi connectivity index (χ1) is 27.8. The zero-order chi connectivity index (χ0) is 36.5. The number of pyridine rings is 2. The number of para-hydroxylation sites is 4. The molecule has 5 aromatic carbocycles. The molecule has 0 saturated heterocycles. The second-order valence-electron chi connectivity index (χ2n) is 14.6. The number of aliphatic imine (C=N–C) groups is 1. The van der Waals surface area contributed by atoms with Crippen molar-refractivity contribution in [2.24, 2.45) is 4.99 Å². The van der Waals surface area contributed by atoms with Crippen LogP contribution in [0.1, 0.15) is 0 Å². The number of anilines is 1. The summed E-state index contributed by atoms with van der Waals surface area (Å²) in [6, 6.07) is 47.7. The maximum absolute atomic E-state index is 5.29. The fraction of sp³-hybridized carbons (Fsp3) is 0.0417. The third-order valence-electron chi connectivity index (χ3n) is 11.7. The number of benzene rings is 5. The van der Waals surface area contributed by atoms with Crippen molar-refractivity contribution < 1.29 is 0 Å². The molecule has 0 fully saturated rings. The monoisotopic (exact) mass is 735 g/mol. The zero-order valence-corrected chi connectivity index (χ0v) is 30.6. The van der Waals surface area contributed by atoms with E-state index < -0.39 is 0 Å². The van der Waals surface area contributed by atoms with Gasteiger partial charge in [-0.2, -0.15) is 0 Å². The number of allylic oxidation sites excluding steroid dienone is 2. The van der Waals surface area contributed by atoms with E-state index >= 15 is 0 Å². The van der Waals surface area contributed by atoms with Gasteiger partial charge in [0.05, 0.1) is 51.2 Å². The summed E-state index contributed by atoms with van der Waals surface area (Å²) in [6.45, 7) is 0. The van der Waals surface area contributed by atoms with E-state index in [1.54, 1.807) is 11.8 Å². The van der Waals surface area contributed by atoms with Crippen LogP contribution in [0.2, 0.25) is 0 Å². The lowest BCUT2D eigenvalue weighted by atomic mass is 9.83. The molecule has 0 N–H and O–H groups in total. The summed E-state index contributed by atoms with van der Waals surface area (Å²) in [5, 5.41) is 1.04. The molecule has 8 heteroatoms. The molecule has 13 rings (SSSR count). The summed E-state index contributed by atoms with van der Waals surface area (Å²) < 4.78 is 4.58. The lowest BCUT2D eigenvalue weighted by Crippen LogP contribution is -2.36. The standard InChI is InChI=1S/C48H29N7S/c1-2-11-32-31(10-1)33-22-20-28(26-36(33)35-14-9-25-50-45(35)44-34(32)13-8-24-49-44)30-12-7-19-42-46(30)56-48-52-38-23-21-29(27-43(38)55(42)48)53-40-17-5-6-18-41(40)54-39-16-4-3-15-37(39)51-47(53)54/h1-27,38,43H. The lowest BCUT2D eigenvalue weighted by molar-refractivity contribution is 0.736. The number of fused-ring (bicyclic) bond motifs is 18. The normalized spacial score (nSPS) is 17.3. The van der Waals surface area contributed by atoms with Gasteiger partial charge in [-0.05, 0) is 106 Å². The number of amidine groups is 1. The molecule has 0 saturated carbocycles. The highest BCUT2D eigenvalue weighted by molar-refractivity contribution is 8.15. The van der Waals surface area contributed by atoms with Crippen LogP contribution >= 0.6 is 11.8 Å². The molecule has 0 amide bonds. The van der Waals surface area contributed by atoms with Crippen LogP contribution in [0.5, 0.6) is 0 Å². The Hall–Kier alpha value is -7.03. The molecule has 4 aromatic heterocycles. The van der Waals surface area contributed by atoms with Gasteiger partial charge in [0.2, 0.25) is 5.78 Å². The van der Waals surface area contributed by atoms with Gasteiger partial charge < -0.3 is 4.90 Å². The van der Waals surface area contributed by atoms with E-state index in [0.29, 0.717) is 0 Å². The van der Waals surface area contributed by atoms with Gasteiger partial charge in [-0.1, -0.05) is 91.0 Å². The number of aromatic nitrogens is 5. The molecule has 7 nitrogen and oxygen atoms in total. The van der Waals surface area contributed by atoms with Gasteiger partial charge in [0.25, 0.3) is 0 Å². The molecule has 0 bridgehead atoms. The van der Waals surface area contributed by atoms with E-state index in [9.17, 15) is 0 Å². The van der Waals surface area contributed by atoms with Crippen LogP contribution in [0, 0.1) is 0 Å². The third kappa shape index (κ3) is 4.08. The van der Waals surface area contributed by atoms with Crippen LogP contribution in [0.4, 0.5) is 5.69 Å². The fourth-order valence-corrected chi connectivity index (χ4v) is 10.5. The van der Waals surface area contributed by atoms with Crippen molar-refractivity contribution in [1.82, 2.24) is 23.9 Å². The largest absolute Gasteiger partial charge is 0.310 e. The fourth-order valence-electron chi connectivity index (χ4n) is 9.28. The van der Waals surface area contributed by atoms with Crippen LogP contribution in [-0.4, -0.2) is 41.2 Å². The Morgan fingerprint density at radius 1 is 0.571 bits per heavy atom. The molecule has 2 unspecified atom stereocenters. The van der Waals surface area contributed by atoms with Gasteiger partial charge in [-0.3, -0.25) is 23.9 Å². The molecule has 4 aliphatic rings. The Bertz CT molecular complexity index is 3270. The molecule has 2 atom stereocenters. The highest BCUT2D eigenvalue weighted by Gasteiger charge is 2.43. The molecule has 0 radical (unpaired) electrons. The summed E-state index contributed by atoms with van der Waals surface area (Å²) in [5.41, 5.74) is 17.7. The third-order valence-corrected chi connectivity index (χ3v) is 12.8. The highest BCUT2D eigenvalue weighted by Crippen LogP contribution is 2.52. The van der Waals surface area contributed by atoms with Crippen molar-refractivity contribution >= 4 is 56.2 Å². The summed E-state index contributed by atoms with van der Waals surface area (Å²) in [5.74, 6) is 0.914. The smallest absolute Gasteiger partial charge is 0.220 e. The molecule has 0 spiro atoms. The Morgan fingerprint density at radius 2 is 1.25 bits per heavy atom. The van der Waals surface area contributed by atoms with Crippen LogP contribution in [0.15, 0.2) is 174 Å². The van der Waals surface area contributed by atoms with Gasteiger partial charge in [0.15, 0.2) is 5.17 Å². The number of hydrogen-bond acceptors (Lipinski definition) is 6. The van der Waals surface area contributed by atoms with Crippen LogP contribution in [0.25, 0.3) is 89.4 Å². The Kier molecular flexibility index (Phi) is 6.09. The van der Waals surface area contributed by atoms with E-state index in [1.807, 2.05) is 24.5 Å². The van der Waals surface area contributed by atoms with Crippen LogP contribution in [0.3, 0.4) is 0 Å². The minimum atomic E-state index is 0.0340. The zero-order valence-electron chi connectivity index (χ0n) is 29.8. The average molecular weight is 736 g/mol. The summed E-state index contributed by atoms with van der Waals surface area (Å²) in [4.78, 5) is 23.9. The van der Waals surface area contributed by atoms with E-state index in [2.05, 4.69) is 153 Å². The van der Waals surface area contributed by atoms with E-state index in [4.69, 9.17) is 19.9 Å². The number of imidazole rings is 2. The lowest BCUT2D eigenvalue weighted by Gasteiger charge is -2.27. The van der Waals surface area contributed by atoms with Crippen molar-refractivity contribution in [2.75, 3.05) is 4.90 Å². The number of thioether (sulfide) groups is 1. The Morgan fingerprint density at radius 3 is 2.09 bits per heavy atom. The first kappa shape index (κ1) is 30.3. The minimum Gasteiger partial charge on any atom is -0.310 e. The molecule has 2 aliphatic heterocycles. The highest BCUT2D eigenvalue weighted by atomic mass is 32.2. The van der Waals surface area contributed by atoms with E-state index in [-0.39, 0.29) is 12.1 Å². The van der Waals surface area contributed by atoms with Crippen molar-refractivity contribution in [3.8, 4) is 55.9 Å². The minimum absolute atomic E-state index is 0.0340. The van der Waals surface area contributed by atoms with Gasteiger partial charge in [0.1, 0.15) is 0 Å². The Balaban J connectivity index is 0.944. The molecule has 2 aliphatic carbocycles. The molecule has 9 aromatic rings. The number of hydrogen-bond donors (Lipinski definition) is 0.